The van der Waals surface area contributed by atoms with Crippen LogP contribution in [-0.2, 0) is 11.2 Å². The normalized spacial score (nSPS) is 15.8. The van der Waals surface area contributed by atoms with Gasteiger partial charge in [-0.2, -0.15) is 0 Å². The van der Waals surface area contributed by atoms with Gasteiger partial charge in [0.25, 0.3) is 5.56 Å². The van der Waals surface area contributed by atoms with Gasteiger partial charge in [0.1, 0.15) is 0 Å². The van der Waals surface area contributed by atoms with Crippen molar-refractivity contribution in [2.75, 3.05) is 11.9 Å². The fourth-order valence-corrected chi connectivity index (χ4v) is 3.48. The number of nitrogens with one attached hydrogen (secondary N) is 2. The Labute approximate surface area is 152 Å². The van der Waals surface area contributed by atoms with Crippen molar-refractivity contribution in [2.24, 2.45) is 0 Å². The topological polar surface area (TPSA) is 104 Å². The molecule has 0 radical (unpaired) electrons. The molecule has 132 valence electrons. The van der Waals surface area contributed by atoms with E-state index in [1.165, 1.54) is 19.1 Å². The van der Waals surface area contributed by atoms with E-state index in [2.05, 4.69) is 15.5 Å². The van der Waals surface area contributed by atoms with E-state index >= 15 is 0 Å². The smallest absolute Gasteiger partial charge is 0.268 e. The van der Waals surface area contributed by atoms with Crippen molar-refractivity contribution in [3.8, 4) is 11.6 Å². The van der Waals surface area contributed by atoms with Crippen LogP contribution in [0.15, 0.2) is 16.9 Å². The van der Waals surface area contributed by atoms with Crippen LogP contribution in [0.2, 0.25) is 10.0 Å². The average Bonchev–Trinajstić information content (AvgIpc) is 2.97. The second kappa shape index (κ2) is 7.03. The molecule has 1 aliphatic carbocycles. The first-order valence-electron chi connectivity index (χ1n) is 7.57. The first-order chi connectivity index (χ1) is 11.9. The number of ether oxygens (including phenoxy) is 1. The van der Waals surface area contributed by atoms with Gasteiger partial charge in [-0.25, -0.2) is 5.10 Å². The molecule has 25 heavy (non-hydrogen) atoms. The van der Waals surface area contributed by atoms with E-state index in [-0.39, 0.29) is 45.7 Å². The second-order valence-corrected chi connectivity index (χ2v) is 6.53. The van der Waals surface area contributed by atoms with Crippen molar-refractivity contribution in [1.82, 2.24) is 10.2 Å². The average molecular weight is 384 g/mol. The van der Waals surface area contributed by atoms with Crippen LogP contribution in [0.5, 0.6) is 11.6 Å². The maximum absolute atomic E-state index is 12.0. The molecular formula is C16H15Cl2N3O4. The fraction of sp³-hybridized carbons (Fsp3) is 0.312. The van der Waals surface area contributed by atoms with Crippen molar-refractivity contribution in [3.63, 3.8) is 0 Å². The third kappa shape index (κ3) is 3.49. The Hall–Kier alpha value is -2.09. The number of aromatic amines is 1. The monoisotopic (exact) mass is 383 g/mol. The number of halogens is 2. The number of amides is 1. The highest BCUT2D eigenvalue weighted by Gasteiger charge is 2.29. The number of hydrogen-bond donors (Lipinski definition) is 3. The summed E-state index contributed by atoms with van der Waals surface area (Å²) >= 11 is 12.4. The van der Waals surface area contributed by atoms with Crippen LogP contribution < -0.4 is 15.6 Å². The van der Waals surface area contributed by atoms with E-state index in [0.29, 0.717) is 29.7 Å². The molecule has 0 saturated heterocycles. The van der Waals surface area contributed by atoms with Crippen molar-refractivity contribution >= 4 is 34.8 Å². The van der Waals surface area contributed by atoms with Crippen LogP contribution in [0.4, 0.5) is 5.69 Å². The summed E-state index contributed by atoms with van der Waals surface area (Å²) in [6, 6.07) is 3.01. The summed E-state index contributed by atoms with van der Waals surface area (Å²) in [5.74, 6) is -0.124. The number of carbonyl (C=O) groups is 1. The summed E-state index contributed by atoms with van der Waals surface area (Å²) in [5, 5.41) is 18.7. The van der Waals surface area contributed by atoms with E-state index < -0.39 is 0 Å². The molecule has 0 spiro atoms. The van der Waals surface area contributed by atoms with Crippen LogP contribution in [0.1, 0.15) is 30.4 Å². The molecule has 1 atom stereocenters. The largest absolute Gasteiger partial charge is 0.434 e. The zero-order valence-electron chi connectivity index (χ0n) is 13.2. The van der Waals surface area contributed by atoms with Gasteiger partial charge in [-0.05, 0) is 25.0 Å². The molecule has 3 N–H and O–H groups in total. The molecule has 0 bridgehead atoms. The van der Waals surface area contributed by atoms with Gasteiger partial charge >= 0.3 is 0 Å². The minimum absolute atomic E-state index is 0.119. The predicted molar refractivity (Wildman–Crippen MR) is 93.8 cm³/mol. The number of fused-ring (bicyclic) bond motifs is 1. The summed E-state index contributed by atoms with van der Waals surface area (Å²) in [6.07, 6.45) is 1.20. The third-order valence-electron chi connectivity index (χ3n) is 3.98. The van der Waals surface area contributed by atoms with Crippen LogP contribution >= 0.6 is 23.2 Å². The molecule has 9 heteroatoms. The maximum Gasteiger partial charge on any atom is 0.268 e. The van der Waals surface area contributed by atoms with E-state index in [9.17, 15) is 14.7 Å². The number of anilines is 1. The van der Waals surface area contributed by atoms with Crippen molar-refractivity contribution in [1.29, 1.82) is 0 Å². The van der Waals surface area contributed by atoms with E-state index in [1.54, 1.807) is 0 Å². The van der Waals surface area contributed by atoms with Crippen molar-refractivity contribution in [3.05, 3.63) is 43.7 Å². The zero-order valence-corrected chi connectivity index (χ0v) is 14.7. The Bertz CT molecular complexity index is 874. The van der Waals surface area contributed by atoms with Gasteiger partial charge in [0.15, 0.2) is 5.75 Å². The van der Waals surface area contributed by atoms with Gasteiger partial charge in [-0.3, -0.25) is 9.59 Å². The lowest BCUT2D eigenvalue weighted by atomic mass is 10.1. The first-order valence-corrected chi connectivity index (χ1v) is 8.33. The summed E-state index contributed by atoms with van der Waals surface area (Å²) in [4.78, 5) is 23.1. The Morgan fingerprint density at radius 3 is 2.72 bits per heavy atom. The summed E-state index contributed by atoms with van der Waals surface area (Å²) in [5.41, 5.74) is 1.22. The summed E-state index contributed by atoms with van der Waals surface area (Å²) in [6.45, 7) is 1.25. The molecule has 1 aliphatic rings. The van der Waals surface area contributed by atoms with E-state index in [0.717, 1.165) is 0 Å². The maximum atomic E-state index is 12.0. The van der Waals surface area contributed by atoms with E-state index in [4.69, 9.17) is 27.9 Å². The van der Waals surface area contributed by atoms with Crippen LogP contribution in [0.3, 0.4) is 0 Å². The molecule has 1 aromatic heterocycles. The number of carbonyl (C=O) groups excluding carboxylic acids is 1. The Morgan fingerprint density at radius 2 is 2.12 bits per heavy atom. The number of H-pyrrole nitrogens is 1. The van der Waals surface area contributed by atoms with Crippen LogP contribution in [0.25, 0.3) is 0 Å². The van der Waals surface area contributed by atoms with E-state index in [1.807, 2.05) is 0 Å². The number of aliphatic hydroxyl groups excluding tert-OH is 1. The molecular weight excluding hydrogens is 369 g/mol. The predicted octanol–water partition coefficient (Wildman–Crippen LogP) is 2.85. The standard InChI is InChI=1S/C16H15Cl2N3O4/c1-7(23)19-9-4-11(17)14(12(18)5-9)25-16-10-3-2-8(6-22)13(10)15(24)20-21-16/h4-5,8,22H,2-3,6H2,1H3,(H,19,23)(H,20,24). The zero-order chi connectivity index (χ0) is 18.1. The fourth-order valence-electron chi connectivity index (χ4n) is 2.91. The van der Waals surface area contributed by atoms with Crippen LogP contribution in [0, 0.1) is 0 Å². The van der Waals surface area contributed by atoms with Gasteiger partial charge in [-0.1, -0.05) is 23.2 Å². The molecule has 0 fully saturated rings. The second-order valence-electron chi connectivity index (χ2n) is 5.72. The summed E-state index contributed by atoms with van der Waals surface area (Å²) < 4.78 is 5.75. The highest BCUT2D eigenvalue weighted by Crippen LogP contribution is 2.41. The minimum atomic E-state index is -0.336. The Balaban J connectivity index is 1.98. The molecule has 1 heterocycles. The molecule has 0 saturated carbocycles. The highest BCUT2D eigenvalue weighted by molar-refractivity contribution is 6.37. The number of aromatic nitrogens is 2. The number of aliphatic hydroxyl groups is 1. The molecule has 1 aromatic carbocycles. The van der Waals surface area contributed by atoms with Gasteiger partial charge in [0, 0.05) is 29.7 Å². The molecule has 7 nitrogen and oxygen atoms in total. The number of hydrogen-bond acceptors (Lipinski definition) is 5. The molecule has 0 aliphatic heterocycles. The lowest BCUT2D eigenvalue weighted by Crippen LogP contribution is -2.18. The lowest BCUT2D eigenvalue weighted by molar-refractivity contribution is -0.114. The SMILES string of the molecule is CC(=O)Nc1cc(Cl)c(Oc2n[nH]c(=O)c3c2CCC3CO)c(Cl)c1. The summed E-state index contributed by atoms with van der Waals surface area (Å²) in [7, 11) is 0. The molecule has 1 unspecified atom stereocenters. The number of nitrogens with zero attached hydrogens (tertiary/aromatic N) is 1. The van der Waals surface area contributed by atoms with Crippen molar-refractivity contribution in [2.45, 2.75) is 25.7 Å². The van der Waals surface area contributed by atoms with Crippen LogP contribution in [-0.4, -0.2) is 27.8 Å². The van der Waals surface area contributed by atoms with Gasteiger partial charge in [-0.15, -0.1) is 5.10 Å². The van der Waals surface area contributed by atoms with Gasteiger partial charge in [0.2, 0.25) is 11.8 Å². The molecule has 3 rings (SSSR count). The highest BCUT2D eigenvalue weighted by atomic mass is 35.5. The number of benzene rings is 1. The number of rotatable bonds is 4. The quantitative estimate of drug-likeness (QED) is 0.752. The first kappa shape index (κ1) is 17.7. The molecule has 1 amide bonds. The Kier molecular flexibility index (Phi) is 4.99. The Morgan fingerprint density at radius 1 is 1.44 bits per heavy atom. The minimum Gasteiger partial charge on any atom is -0.434 e. The molecule has 2 aromatic rings. The lowest BCUT2D eigenvalue weighted by Gasteiger charge is -2.13. The van der Waals surface area contributed by atoms with Gasteiger partial charge in [0.05, 0.1) is 16.7 Å². The third-order valence-corrected chi connectivity index (χ3v) is 4.54. The van der Waals surface area contributed by atoms with Crippen molar-refractivity contribution < 1.29 is 14.6 Å². The van der Waals surface area contributed by atoms with Gasteiger partial charge < -0.3 is 15.2 Å².